The van der Waals surface area contributed by atoms with Crippen molar-refractivity contribution in [3.05, 3.63) is 46.5 Å². The number of para-hydroxylation sites is 1. The number of hydrogen-bond acceptors (Lipinski definition) is 4. The lowest BCUT2D eigenvalue weighted by molar-refractivity contribution is -0.380. The molecule has 0 bridgehead atoms. The van der Waals surface area contributed by atoms with Gasteiger partial charge in [-0.15, -0.1) is 0 Å². The van der Waals surface area contributed by atoms with Crippen LogP contribution in [0.15, 0.2) is 36.4 Å². The third-order valence-corrected chi connectivity index (χ3v) is 3.29. The van der Waals surface area contributed by atoms with Crippen molar-refractivity contribution in [1.29, 1.82) is 0 Å². The van der Waals surface area contributed by atoms with Crippen molar-refractivity contribution in [2.24, 2.45) is 0 Å². The maximum Gasteiger partial charge on any atom is 0.324 e. The minimum Gasteiger partial charge on any atom is -0.493 e. The second-order valence-corrected chi connectivity index (χ2v) is 4.39. The highest BCUT2D eigenvalue weighted by Crippen LogP contribution is 2.37. The number of nitrogens with zero attached hydrogens (tertiary/aromatic N) is 1. The Hall–Kier alpha value is -1.88. The van der Waals surface area contributed by atoms with Gasteiger partial charge in [-0.3, -0.25) is 10.1 Å². The lowest BCUT2D eigenvalue weighted by Gasteiger charge is -2.07. The number of benzene rings is 1. The summed E-state index contributed by atoms with van der Waals surface area (Å²) < 4.78 is 5.50. The molecule has 0 aliphatic rings. The Kier molecular flexibility index (Phi) is 3.39. The molecular formula is C12H11NO3S. The zero-order valence-electron chi connectivity index (χ0n) is 9.25. The molecular weight excluding hydrogens is 238 g/mol. The van der Waals surface area contributed by atoms with Crippen molar-refractivity contribution in [3.8, 4) is 16.2 Å². The summed E-state index contributed by atoms with van der Waals surface area (Å²) in [5.74, 6) is 0.756. The molecule has 17 heavy (non-hydrogen) atoms. The molecule has 0 saturated heterocycles. The molecule has 0 atom stereocenters. The topological polar surface area (TPSA) is 52.4 Å². The van der Waals surface area contributed by atoms with E-state index in [9.17, 15) is 10.1 Å². The first-order chi connectivity index (χ1) is 8.22. The molecule has 88 valence electrons. The highest BCUT2D eigenvalue weighted by molar-refractivity contribution is 7.18. The summed E-state index contributed by atoms with van der Waals surface area (Å²) in [4.78, 5) is 11.1. The van der Waals surface area contributed by atoms with Crippen LogP contribution < -0.4 is 4.74 Å². The summed E-state index contributed by atoms with van der Waals surface area (Å²) in [6.45, 7) is 2.48. The fourth-order valence-corrected chi connectivity index (χ4v) is 2.37. The Morgan fingerprint density at radius 3 is 2.71 bits per heavy atom. The van der Waals surface area contributed by atoms with Crippen LogP contribution in [0.1, 0.15) is 6.92 Å². The highest BCUT2D eigenvalue weighted by Gasteiger charge is 2.13. The summed E-state index contributed by atoms with van der Waals surface area (Å²) in [5, 5.41) is 10.8. The number of nitro groups is 1. The van der Waals surface area contributed by atoms with Crippen LogP contribution in [0.3, 0.4) is 0 Å². The third-order valence-electron chi connectivity index (χ3n) is 2.22. The Bertz CT molecular complexity index is 536. The third kappa shape index (κ3) is 2.45. The smallest absolute Gasteiger partial charge is 0.324 e. The average Bonchev–Trinajstić information content (AvgIpc) is 2.79. The zero-order valence-corrected chi connectivity index (χ0v) is 10.1. The van der Waals surface area contributed by atoms with Gasteiger partial charge in [0.15, 0.2) is 0 Å². The van der Waals surface area contributed by atoms with Gasteiger partial charge in [0.2, 0.25) is 0 Å². The van der Waals surface area contributed by atoms with Crippen LogP contribution in [0.4, 0.5) is 5.00 Å². The van der Waals surface area contributed by atoms with Gasteiger partial charge >= 0.3 is 5.00 Å². The molecule has 0 saturated carbocycles. The molecule has 1 aromatic carbocycles. The molecule has 0 radical (unpaired) electrons. The lowest BCUT2D eigenvalue weighted by atomic mass is 10.1. The first kappa shape index (κ1) is 11.6. The summed E-state index contributed by atoms with van der Waals surface area (Å²) in [6, 6.07) is 10.8. The summed E-state index contributed by atoms with van der Waals surface area (Å²) >= 11 is 1.16. The van der Waals surface area contributed by atoms with Crippen LogP contribution in [0.2, 0.25) is 0 Å². The lowest BCUT2D eigenvalue weighted by Crippen LogP contribution is -1.92. The molecule has 0 N–H and O–H groups in total. The molecule has 0 unspecified atom stereocenters. The highest BCUT2D eigenvalue weighted by atomic mass is 32.1. The molecule has 0 aliphatic heterocycles. The number of thiophene rings is 1. The van der Waals surface area contributed by atoms with Gasteiger partial charge < -0.3 is 4.74 Å². The molecule has 0 aliphatic carbocycles. The van der Waals surface area contributed by atoms with Crippen LogP contribution >= 0.6 is 11.3 Å². The Labute approximate surface area is 103 Å². The van der Waals surface area contributed by atoms with Gasteiger partial charge in [-0.2, -0.15) is 0 Å². The van der Waals surface area contributed by atoms with Gasteiger partial charge in [-0.05, 0) is 25.1 Å². The molecule has 0 spiro atoms. The summed E-state index contributed by atoms with van der Waals surface area (Å²) in [5.41, 5.74) is 0.896. The van der Waals surface area contributed by atoms with E-state index >= 15 is 0 Å². The van der Waals surface area contributed by atoms with Crippen molar-refractivity contribution >= 4 is 16.3 Å². The van der Waals surface area contributed by atoms with Crippen molar-refractivity contribution in [1.82, 2.24) is 0 Å². The van der Waals surface area contributed by atoms with E-state index in [-0.39, 0.29) is 9.92 Å². The Morgan fingerprint density at radius 2 is 2.06 bits per heavy atom. The van der Waals surface area contributed by atoms with Gasteiger partial charge in [-0.1, -0.05) is 23.5 Å². The predicted molar refractivity (Wildman–Crippen MR) is 67.6 cm³/mol. The number of hydrogen-bond donors (Lipinski definition) is 0. The van der Waals surface area contributed by atoms with E-state index in [1.807, 2.05) is 31.2 Å². The second-order valence-electron chi connectivity index (χ2n) is 3.32. The van der Waals surface area contributed by atoms with E-state index < -0.39 is 0 Å². The van der Waals surface area contributed by atoms with E-state index in [0.717, 1.165) is 27.5 Å². The van der Waals surface area contributed by atoms with Crippen molar-refractivity contribution in [3.63, 3.8) is 0 Å². The second kappa shape index (κ2) is 4.97. The average molecular weight is 249 g/mol. The molecule has 2 aromatic rings. The molecule has 4 nitrogen and oxygen atoms in total. The SMILES string of the molecule is CCOc1ccccc1-c1ccc([N+](=O)[O-])s1. The minimum atomic E-state index is -0.378. The van der Waals surface area contributed by atoms with Gasteiger partial charge in [0.1, 0.15) is 5.75 Å². The van der Waals surface area contributed by atoms with Gasteiger partial charge in [0.05, 0.1) is 11.5 Å². The first-order valence-corrected chi connectivity index (χ1v) is 6.00. The first-order valence-electron chi connectivity index (χ1n) is 5.18. The molecule has 0 amide bonds. The monoisotopic (exact) mass is 249 g/mol. The molecule has 5 heteroatoms. The quantitative estimate of drug-likeness (QED) is 0.613. The standard InChI is InChI=1S/C12H11NO3S/c1-2-16-10-6-4-3-5-9(10)11-7-8-12(17-11)13(14)15/h3-8H,2H2,1H3. The van der Waals surface area contributed by atoms with Crippen molar-refractivity contribution in [2.75, 3.05) is 6.61 Å². The summed E-state index contributed by atoms with van der Waals surface area (Å²) in [7, 11) is 0. The largest absolute Gasteiger partial charge is 0.493 e. The Morgan fingerprint density at radius 1 is 1.29 bits per heavy atom. The maximum atomic E-state index is 10.6. The Balaban J connectivity index is 2.41. The van der Waals surface area contributed by atoms with Gasteiger partial charge in [0, 0.05) is 16.5 Å². The molecule has 2 rings (SSSR count). The fraction of sp³-hybridized carbons (Fsp3) is 0.167. The van der Waals surface area contributed by atoms with Crippen molar-refractivity contribution in [2.45, 2.75) is 6.92 Å². The maximum absolute atomic E-state index is 10.6. The van der Waals surface area contributed by atoms with Crippen LogP contribution in [-0.4, -0.2) is 11.5 Å². The molecule has 1 heterocycles. The minimum absolute atomic E-state index is 0.145. The molecule has 0 fully saturated rings. The van der Waals surface area contributed by atoms with E-state index in [4.69, 9.17) is 4.74 Å². The van der Waals surface area contributed by atoms with Crippen LogP contribution in [0.5, 0.6) is 5.75 Å². The molecule has 1 aromatic heterocycles. The normalized spacial score (nSPS) is 10.2. The summed E-state index contributed by atoms with van der Waals surface area (Å²) in [6.07, 6.45) is 0. The number of rotatable bonds is 4. The van der Waals surface area contributed by atoms with E-state index in [1.165, 1.54) is 6.07 Å². The fourth-order valence-electron chi connectivity index (χ4n) is 1.52. The number of ether oxygens (including phenoxy) is 1. The van der Waals surface area contributed by atoms with Crippen molar-refractivity contribution < 1.29 is 9.66 Å². The van der Waals surface area contributed by atoms with E-state index in [2.05, 4.69) is 0 Å². The van der Waals surface area contributed by atoms with Crippen LogP contribution in [-0.2, 0) is 0 Å². The van der Waals surface area contributed by atoms with Gasteiger partial charge in [0.25, 0.3) is 0 Å². The van der Waals surface area contributed by atoms with E-state index in [0.29, 0.717) is 6.61 Å². The van der Waals surface area contributed by atoms with E-state index in [1.54, 1.807) is 6.07 Å². The van der Waals surface area contributed by atoms with Gasteiger partial charge in [-0.25, -0.2) is 0 Å². The van der Waals surface area contributed by atoms with Crippen LogP contribution in [0.25, 0.3) is 10.4 Å². The van der Waals surface area contributed by atoms with Crippen LogP contribution in [0, 0.1) is 10.1 Å². The predicted octanol–water partition coefficient (Wildman–Crippen LogP) is 3.72. The zero-order chi connectivity index (χ0) is 12.3.